The lowest BCUT2D eigenvalue weighted by molar-refractivity contribution is -0.139. The van der Waals surface area contributed by atoms with Crippen LogP contribution in [0.3, 0.4) is 0 Å². The molecule has 1 amide bonds. The summed E-state index contributed by atoms with van der Waals surface area (Å²) in [7, 11) is 0. The van der Waals surface area contributed by atoms with E-state index >= 15 is 0 Å². The van der Waals surface area contributed by atoms with Gasteiger partial charge in [-0.15, -0.1) is 0 Å². The fourth-order valence-corrected chi connectivity index (χ4v) is 2.21. The maximum Gasteiger partial charge on any atom is 0.305 e. The Morgan fingerprint density at radius 3 is 2.24 bits per heavy atom. The quantitative estimate of drug-likeness (QED) is 0.697. The Morgan fingerprint density at radius 1 is 1.29 bits per heavy atom. The highest BCUT2D eigenvalue weighted by molar-refractivity contribution is 5.81. The second-order valence-electron chi connectivity index (χ2n) is 4.69. The van der Waals surface area contributed by atoms with Gasteiger partial charge in [0.25, 0.3) is 0 Å². The van der Waals surface area contributed by atoms with Crippen molar-refractivity contribution in [2.75, 3.05) is 0 Å². The molecule has 0 aromatic carbocycles. The predicted molar refractivity (Wildman–Crippen MR) is 65.6 cm³/mol. The Labute approximate surface area is 102 Å². The summed E-state index contributed by atoms with van der Waals surface area (Å²) >= 11 is 0. The third kappa shape index (κ3) is 3.58. The Bertz CT molecular complexity index is 311. The summed E-state index contributed by atoms with van der Waals surface area (Å²) in [4.78, 5) is 22.9. The van der Waals surface area contributed by atoms with Crippen LogP contribution in [0.2, 0.25) is 0 Å². The Hall–Kier alpha value is -1.32. The molecule has 0 unspecified atom stereocenters. The summed E-state index contributed by atoms with van der Waals surface area (Å²) in [5.74, 6) is -0.889. The van der Waals surface area contributed by atoms with Crippen LogP contribution in [0.15, 0.2) is 12.2 Å². The molecule has 0 spiro atoms. The summed E-state index contributed by atoms with van der Waals surface area (Å²) in [5, 5.41) is 11.9. The van der Waals surface area contributed by atoms with E-state index in [-0.39, 0.29) is 18.2 Å². The zero-order valence-corrected chi connectivity index (χ0v) is 10.5. The highest BCUT2D eigenvalue weighted by Gasteiger charge is 2.33. The number of aliphatic carboxylic acids is 1. The molecule has 1 aliphatic rings. The summed E-state index contributed by atoms with van der Waals surface area (Å²) in [6.45, 7) is 3.83. The predicted octanol–water partition coefficient (Wildman–Crippen LogP) is 2.10. The van der Waals surface area contributed by atoms with Gasteiger partial charge in [-0.05, 0) is 25.7 Å². The summed E-state index contributed by atoms with van der Waals surface area (Å²) in [6, 6.07) is 0. The van der Waals surface area contributed by atoms with Crippen molar-refractivity contribution in [3.8, 4) is 0 Å². The van der Waals surface area contributed by atoms with Gasteiger partial charge in [0, 0.05) is 11.5 Å². The number of carboxylic acids is 1. The molecule has 0 saturated carbocycles. The molecule has 17 heavy (non-hydrogen) atoms. The van der Waals surface area contributed by atoms with Crippen molar-refractivity contribution in [3.05, 3.63) is 12.2 Å². The lowest BCUT2D eigenvalue weighted by Gasteiger charge is -2.32. The van der Waals surface area contributed by atoms with Gasteiger partial charge in [0.2, 0.25) is 5.91 Å². The number of hydrogen-bond donors (Lipinski definition) is 2. The van der Waals surface area contributed by atoms with Gasteiger partial charge in [-0.2, -0.15) is 0 Å². The second kappa shape index (κ2) is 5.84. The van der Waals surface area contributed by atoms with Crippen molar-refractivity contribution in [3.63, 3.8) is 0 Å². The number of rotatable bonds is 6. The molecule has 2 N–H and O–H groups in total. The van der Waals surface area contributed by atoms with E-state index in [1.165, 1.54) is 0 Å². The summed E-state index contributed by atoms with van der Waals surface area (Å²) in [5.41, 5.74) is -0.592. The van der Waals surface area contributed by atoms with E-state index in [1.54, 1.807) is 0 Å². The van der Waals surface area contributed by atoms with Crippen LogP contribution < -0.4 is 5.32 Å². The Morgan fingerprint density at radius 2 is 1.82 bits per heavy atom. The molecule has 0 heterocycles. The van der Waals surface area contributed by atoms with Gasteiger partial charge in [-0.3, -0.25) is 9.59 Å². The van der Waals surface area contributed by atoms with Crippen LogP contribution >= 0.6 is 0 Å². The van der Waals surface area contributed by atoms with Gasteiger partial charge in [-0.25, -0.2) is 0 Å². The monoisotopic (exact) mass is 239 g/mol. The minimum Gasteiger partial charge on any atom is -0.481 e. The van der Waals surface area contributed by atoms with Crippen molar-refractivity contribution in [1.29, 1.82) is 0 Å². The van der Waals surface area contributed by atoms with Crippen molar-refractivity contribution in [1.82, 2.24) is 5.32 Å². The van der Waals surface area contributed by atoms with Crippen LogP contribution in [0.5, 0.6) is 0 Å². The van der Waals surface area contributed by atoms with Gasteiger partial charge in [0.05, 0.1) is 6.42 Å². The molecule has 4 heteroatoms. The summed E-state index contributed by atoms with van der Waals surface area (Å²) in [6.07, 6.45) is 6.81. The molecule has 0 atom stereocenters. The molecule has 1 rings (SSSR count). The van der Waals surface area contributed by atoms with Crippen molar-refractivity contribution >= 4 is 11.9 Å². The molecule has 0 aromatic heterocycles. The largest absolute Gasteiger partial charge is 0.481 e. The molecule has 0 radical (unpaired) electrons. The minimum atomic E-state index is -0.862. The maximum atomic E-state index is 12.0. The number of amides is 1. The standard InChI is InChI=1S/C13H21NO3/c1-3-13(4-2,9-11(15)16)14-12(17)10-7-5-6-8-10/h5-6,10H,3-4,7-9H2,1-2H3,(H,14,17)(H,15,16). The van der Waals surface area contributed by atoms with Crippen LogP contribution in [-0.2, 0) is 9.59 Å². The van der Waals surface area contributed by atoms with Gasteiger partial charge in [-0.1, -0.05) is 26.0 Å². The van der Waals surface area contributed by atoms with Crippen LogP contribution in [-0.4, -0.2) is 22.5 Å². The maximum absolute atomic E-state index is 12.0. The number of carboxylic acid groups (broad SMARTS) is 1. The molecule has 0 saturated heterocycles. The molecule has 1 aliphatic carbocycles. The molecule has 0 aliphatic heterocycles. The number of hydrogen-bond acceptors (Lipinski definition) is 2. The third-order valence-electron chi connectivity index (χ3n) is 3.61. The topological polar surface area (TPSA) is 66.4 Å². The Balaban J connectivity index is 2.64. The minimum absolute atomic E-state index is 0.00805. The highest BCUT2D eigenvalue weighted by atomic mass is 16.4. The summed E-state index contributed by atoms with van der Waals surface area (Å²) < 4.78 is 0. The van der Waals surface area contributed by atoms with E-state index in [4.69, 9.17) is 5.11 Å². The highest BCUT2D eigenvalue weighted by Crippen LogP contribution is 2.23. The van der Waals surface area contributed by atoms with E-state index in [0.29, 0.717) is 12.8 Å². The second-order valence-corrected chi connectivity index (χ2v) is 4.69. The fourth-order valence-electron chi connectivity index (χ4n) is 2.21. The van der Waals surface area contributed by atoms with E-state index in [2.05, 4.69) is 5.32 Å². The lowest BCUT2D eigenvalue weighted by Crippen LogP contribution is -2.50. The first-order chi connectivity index (χ1) is 8.03. The molecular weight excluding hydrogens is 218 g/mol. The first-order valence-electron chi connectivity index (χ1n) is 6.22. The lowest BCUT2D eigenvalue weighted by atomic mass is 9.88. The first-order valence-corrected chi connectivity index (χ1v) is 6.22. The number of allylic oxidation sites excluding steroid dienone is 2. The number of carbonyl (C=O) groups excluding carboxylic acids is 1. The smallest absolute Gasteiger partial charge is 0.305 e. The van der Waals surface area contributed by atoms with E-state index in [9.17, 15) is 9.59 Å². The van der Waals surface area contributed by atoms with Crippen LogP contribution in [0.1, 0.15) is 46.0 Å². The normalized spacial score (nSPS) is 16.1. The van der Waals surface area contributed by atoms with E-state index in [0.717, 1.165) is 12.8 Å². The SMILES string of the molecule is CCC(CC)(CC(=O)O)NC(=O)C1CC=CC1. The molecule has 4 nitrogen and oxygen atoms in total. The molecule has 0 bridgehead atoms. The van der Waals surface area contributed by atoms with Crippen LogP contribution in [0.4, 0.5) is 0 Å². The van der Waals surface area contributed by atoms with Crippen molar-refractivity contribution in [2.45, 2.75) is 51.5 Å². The number of carbonyl (C=O) groups is 2. The molecule has 96 valence electrons. The average Bonchev–Trinajstić information content (AvgIpc) is 2.80. The fraction of sp³-hybridized carbons (Fsp3) is 0.692. The average molecular weight is 239 g/mol. The zero-order valence-electron chi connectivity index (χ0n) is 10.5. The van der Waals surface area contributed by atoms with Crippen molar-refractivity contribution in [2.24, 2.45) is 5.92 Å². The van der Waals surface area contributed by atoms with Gasteiger partial charge < -0.3 is 10.4 Å². The third-order valence-corrected chi connectivity index (χ3v) is 3.61. The molecule has 0 fully saturated rings. The van der Waals surface area contributed by atoms with Crippen LogP contribution in [0.25, 0.3) is 0 Å². The Kier molecular flexibility index (Phi) is 4.73. The van der Waals surface area contributed by atoms with E-state index < -0.39 is 11.5 Å². The van der Waals surface area contributed by atoms with E-state index in [1.807, 2.05) is 26.0 Å². The molecular formula is C13H21NO3. The number of nitrogens with one attached hydrogen (secondary N) is 1. The van der Waals surface area contributed by atoms with Crippen molar-refractivity contribution < 1.29 is 14.7 Å². The zero-order chi connectivity index (χ0) is 12.9. The van der Waals surface area contributed by atoms with Gasteiger partial charge >= 0.3 is 5.97 Å². The van der Waals surface area contributed by atoms with Gasteiger partial charge in [0.15, 0.2) is 0 Å². The first kappa shape index (κ1) is 13.7. The van der Waals surface area contributed by atoms with Crippen LogP contribution in [0, 0.1) is 5.92 Å². The van der Waals surface area contributed by atoms with Gasteiger partial charge in [0.1, 0.15) is 0 Å². The molecule has 0 aromatic rings.